The van der Waals surface area contributed by atoms with Crippen molar-refractivity contribution in [2.24, 2.45) is 5.10 Å². The summed E-state index contributed by atoms with van der Waals surface area (Å²) < 4.78 is 6.84. The van der Waals surface area contributed by atoms with Crippen molar-refractivity contribution in [2.75, 3.05) is 5.32 Å². The summed E-state index contributed by atoms with van der Waals surface area (Å²) in [4.78, 5) is 17.3. The van der Waals surface area contributed by atoms with Crippen molar-refractivity contribution in [2.45, 2.75) is 6.61 Å². The number of ether oxygens (including phenoxy) is 1. The van der Waals surface area contributed by atoms with E-state index in [9.17, 15) is 4.79 Å². The van der Waals surface area contributed by atoms with Gasteiger partial charge in [0.05, 0.1) is 11.9 Å². The first-order valence-corrected chi connectivity index (χ1v) is 14.4. The van der Waals surface area contributed by atoms with Crippen LogP contribution in [0.3, 0.4) is 0 Å². The first-order chi connectivity index (χ1) is 19.4. The summed E-state index contributed by atoms with van der Waals surface area (Å²) in [5.41, 5.74) is 7.37. The van der Waals surface area contributed by atoms with Gasteiger partial charge in [0, 0.05) is 42.3 Å². The number of amides is 1. The molecule has 4 aromatic carbocycles. The van der Waals surface area contributed by atoms with E-state index in [1.165, 1.54) is 11.3 Å². The van der Waals surface area contributed by atoms with Crippen LogP contribution in [0.1, 0.15) is 21.5 Å². The third-order valence-corrected chi connectivity index (χ3v) is 7.45. The van der Waals surface area contributed by atoms with Crippen LogP contribution < -0.4 is 15.5 Å². The fourth-order valence-corrected chi connectivity index (χ4v) is 5.00. The molecule has 0 aliphatic rings. The number of hydrazone groups is 1. The van der Waals surface area contributed by atoms with Crippen LogP contribution in [0.5, 0.6) is 5.75 Å². The number of carbonyl (C=O) groups excluding carboxylic acids is 1. The van der Waals surface area contributed by atoms with Gasteiger partial charge in [0.25, 0.3) is 5.91 Å². The monoisotopic (exact) mass is 650 g/mol. The smallest absolute Gasteiger partial charge is 0.271 e. The van der Waals surface area contributed by atoms with E-state index in [0.717, 1.165) is 32.1 Å². The van der Waals surface area contributed by atoms with Gasteiger partial charge < -0.3 is 10.1 Å². The largest absolute Gasteiger partial charge is 0.488 e. The Labute approximate surface area is 253 Å². The number of carbonyl (C=O) groups is 1. The van der Waals surface area contributed by atoms with E-state index in [1.807, 2.05) is 84.2 Å². The van der Waals surface area contributed by atoms with Crippen molar-refractivity contribution < 1.29 is 9.53 Å². The molecule has 1 aromatic heterocycles. The molecule has 0 fully saturated rings. The molecule has 0 bridgehead atoms. The second-order valence-corrected chi connectivity index (χ2v) is 11.2. The Morgan fingerprint density at radius 2 is 1.65 bits per heavy atom. The van der Waals surface area contributed by atoms with Gasteiger partial charge in [-0.25, -0.2) is 10.4 Å². The molecule has 1 heterocycles. The molecular weight excluding hydrogens is 631 g/mol. The lowest BCUT2D eigenvalue weighted by molar-refractivity contribution is 0.0955. The van der Waals surface area contributed by atoms with Crippen LogP contribution in [0, 0.1) is 0 Å². The van der Waals surface area contributed by atoms with Crippen molar-refractivity contribution in [3.05, 3.63) is 128 Å². The first kappa shape index (κ1) is 27.9. The second kappa shape index (κ2) is 13.1. The first-order valence-electron chi connectivity index (χ1n) is 12.0. The number of nitrogens with zero attached hydrogens (tertiary/aromatic N) is 2. The molecule has 5 aromatic rings. The van der Waals surface area contributed by atoms with E-state index in [1.54, 1.807) is 18.3 Å². The van der Waals surface area contributed by atoms with Gasteiger partial charge in [0.15, 0.2) is 5.13 Å². The maximum absolute atomic E-state index is 12.7. The van der Waals surface area contributed by atoms with Gasteiger partial charge in [-0.1, -0.05) is 63.4 Å². The second-order valence-electron chi connectivity index (χ2n) is 8.54. The van der Waals surface area contributed by atoms with Gasteiger partial charge in [-0.05, 0) is 72.3 Å². The molecule has 0 aliphatic carbocycles. The average Bonchev–Trinajstić information content (AvgIpc) is 3.43. The quantitative estimate of drug-likeness (QED) is 0.123. The van der Waals surface area contributed by atoms with Crippen LogP contribution in [0.15, 0.2) is 106 Å². The van der Waals surface area contributed by atoms with Gasteiger partial charge in [0.1, 0.15) is 12.4 Å². The number of benzene rings is 4. The molecule has 40 heavy (non-hydrogen) atoms. The average molecular weight is 652 g/mol. The standard InChI is InChI=1S/C30H21BrCl2N4O2S/c31-23-7-14-28(39-17-19-1-8-24(32)9-2-19)22(15-23)16-34-37-29(38)21-5-3-20(4-6-21)27-18-40-30(36-27)35-26-12-10-25(33)11-13-26/h1-16,18H,17H2,(H,35,36)(H,37,38)/b34-16-. The van der Waals surface area contributed by atoms with Gasteiger partial charge in [0.2, 0.25) is 0 Å². The summed E-state index contributed by atoms with van der Waals surface area (Å²) in [6.45, 7) is 0.371. The van der Waals surface area contributed by atoms with Crippen molar-refractivity contribution in [1.82, 2.24) is 10.4 Å². The molecular formula is C30H21BrCl2N4O2S. The number of hydrogen-bond donors (Lipinski definition) is 2. The molecule has 1 amide bonds. The van der Waals surface area contributed by atoms with E-state index < -0.39 is 0 Å². The van der Waals surface area contributed by atoms with E-state index in [0.29, 0.717) is 33.5 Å². The fourth-order valence-electron chi connectivity index (χ4n) is 3.63. The lowest BCUT2D eigenvalue weighted by Gasteiger charge is -2.10. The molecule has 2 N–H and O–H groups in total. The Morgan fingerprint density at radius 3 is 2.38 bits per heavy atom. The number of hydrogen-bond acceptors (Lipinski definition) is 6. The van der Waals surface area contributed by atoms with Crippen LogP contribution in [-0.2, 0) is 6.61 Å². The number of thiazole rings is 1. The summed E-state index contributed by atoms with van der Waals surface area (Å²) in [5, 5.41) is 11.5. The number of aromatic nitrogens is 1. The SMILES string of the molecule is O=C(N/N=C\c1cc(Br)ccc1OCc1ccc(Cl)cc1)c1ccc(-c2csc(Nc3ccc(Cl)cc3)n2)cc1. The molecule has 0 unspecified atom stereocenters. The summed E-state index contributed by atoms with van der Waals surface area (Å²) in [6, 6.07) is 27.7. The van der Waals surface area contributed by atoms with Crippen molar-refractivity contribution >= 4 is 73.4 Å². The summed E-state index contributed by atoms with van der Waals surface area (Å²) in [6.07, 6.45) is 1.55. The van der Waals surface area contributed by atoms with E-state index in [4.69, 9.17) is 27.9 Å². The third-order valence-electron chi connectivity index (χ3n) is 5.69. The Hall–Kier alpha value is -3.69. The molecule has 0 saturated carbocycles. The lowest BCUT2D eigenvalue weighted by atomic mass is 10.1. The number of nitrogens with one attached hydrogen (secondary N) is 2. The van der Waals surface area contributed by atoms with E-state index in [-0.39, 0.29) is 5.91 Å². The molecule has 0 atom stereocenters. The molecule has 0 saturated heterocycles. The van der Waals surface area contributed by atoms with Gasteiger partial charge >= 0.3 is 0 Å². The highest BCUT2D eigenvalue weighted by Gasteiger charge is 2.09. The minimum Gasteiger partial charge on any atom is -0.488 e. The summed E-state index contributed by atoms with van der Waals surface area (Å²) in [5.74, 6) is 0.304. The minimum absolute atomic E-state index is 0.329. The van der Waals surface area contributed by atoms with Crippen LogP contribution in [0.4, 0.5) is 10.8 Å². The number of anilines is 2. The Morgan fingerprint density at radius 1 is 0.950 bits per heavy atom. The van der Waals surface area contributed by atoms with Gasteiger partial charge in [-0.3, -0.25) is 4.79 Å². The predicted molar refractivity (Wildman–Crippen MR) is 167 cm³/mol. The maximum atomic E-state index is 12.7. The molecule has 6 nitrogen and oxygen atoms in total. The Balaban J connectivity index is 1.19. The van der Waals surface area contributed by atoms with Crippen LogP contribution in [0.25, 0.3) is 11.3 Å². The summed E-state index contributed by atoms with van der Waals surface area (Å²) >= 11 is 16.9. The number of rotatable bonds is 9. The minimum atomic E-state index is -0.329. The zero-order valence-corrected chi connectivity index (χ0v) is 24.7. The van der Waals surface area contributed by atoms with Crippen molar-refractivity contribution in [3.63, 3.8) is 0 Å². The highest BCUT2D eigenvalue weighted by molar-refractivity contribution is 9.10. The van der Waals surface area contributed by atoms with Gasteiger partial charge in [-0.2, -0.15) is 5.10 Å². The molecule has 0 spiro atoms. The topological polar surface area (TPSA) is 75.6 Å². The number of halogens is 3. The highest BCUT2D eigenvalue weighted by Crippen LogP contribution is 2.28. The van der Waals surface area contributed by atoms with Crippen LogP contribution in [0.2, 0.25) is 10.0 Å². The van der Waals surface area contributed by atoms with Crippen molar-refractivity contribution in [3.8, 4) is 17.0 Å². The third kappa shape index (κ3) is 7.49. The fraction of sp³-hybridized carbons (Fsp3) is 0.0333. The van der Waals surface area contributed by atoms with E-state index in [2.05, 4.69) is 36.8 Å². The zero-order valence-electron chi connectivity index (χ0n) is 20.8. The Bertz CT molecular complexity index is 1640. The molecule has 0 radical (unpaired) electrons. The molecule has 10 heteroatoms. The normalized spacial score (nSPS) is 11.0. The summed E-state index contributed by atoms with van der Waals surface area (Å²) in [7, 11) is 0. The van der Waals surface area contributed by atoms with E-state index >= 15 is 0 Å². The predicted octanol–water partition coefficient (Wildman–Crippen LogP) is 8.97. The Kier molecular flexibility index (Phi) is 9.13. The van der Waals surface area contributed by atoms with Gasteiger partial charge in [-0.15, -0.1) is 11.3 Å². The lowest BCUT2D eigenvalue weighted by Crippen LogP contribution is -2.17. The van der Waals surface area contributed by atoms with Crippen LogP contribution in [-0.4, -0.2) is 17.1 Å². The molecule has 5 rings (SSSR count). The van der Waals surface area contributed by atoms with Crippen molar-refractivity contribution in [1.29, 1.82) is 0 Å². The maximum Gasteiger partial charge on any atom is 0.271 e. The van der Waals surface area contributed by atoms with Crippen LogP contribution >= 0.6 is 50.5 Å². The molecule has 0 aliphatic heterocycles. The molecule has 200 valence electrons. The zero-order chi connectivity index (χ0) is 27.9. The highest BCUT2D eigenvalue weighted by atomic mass is 79.9.